The molecule has 23 heavy (non-hydrogen) atoms. The summed E-state index contributed by atoms with van der Waals surface area (Å²) in [7, 11) is 2.43. The summed E-state index contributed by atoms with van der Waals surface area (Å²) in [6.45, 7) is 1.17. The molecule has 0 saturated heterocycles. The fraction of sp³-hybridized carbons (Fsp3) is 0.400. The maximum Gasteiger partial charge on any atom is 0.343 e. The van der Waals surface area contributed by atoms with Gasteiger partial charge >= 0.3 is 11.9 Å². The van der Waals surface area contributed by atoms with Crippen LogP contribution in [0.5, 0.6) is 11.5 Å². The molecule has 1 unspecified atom stereocenters. The maximum atomic E-state index is 12.3. The van der Waals surface area contributed by atoms with Crippen LogP contribution in [0.15, 0.2) is 12.1 Å². The van der Waals surface area contributed by atoms with Crippen LogP contribution in [-0.2, 0) is 25.5 Å². The Hall–Kier alpha value is -2.09. The molecule has 1 atom stereocenters. The van der Waals surface area contributed by atoms with Crippen LogP contribution >= 0.6 is 15.9 Å². The summed E-state index contributed by atoms with van der Waals surface area (Å²) in [5.74, 6) is -2.11. The van der Waals surface area contributed by atoms with Crippen molar-refractivity contribution >= 4 is 33.7 Å². The van der Waals surface area contributed by atoms with Crippen molar-refractivity contribution in [3.8, 4) is 11.5 Å². The first kappa shape index (κ1) is 19.0. The number of alkyl halides is 1. The lowest BCUT2D eigenvalue weighted by atomic mass is 9.98. The van der Waals surface area contributed by atoms with Gasteiger partial charge in [0.1, 0.15) is 0 Å². The number of Topliss-reactive ketones (excluding diaryl/α,β-unsaturated/α-hetero) is 1. The lowest BCUT2D eigenvalue weighted by Gasteiger charge is -2.15. The van der Waals surface area contributed by atoms with Gasteiger partial charge in [-0.15, -0.1) is 0 Å². The molecule has 0 heterocycles. The number of hydrogen-bond acceptors (Lipinski definition) is 7. The van der Waals surface area contributed by atoms with Gasteiger partial charge in [0, 0.05) is 0 Å². The molecule has 0 bridgehead atoms. The third-order valence-electron chi connectivity index (χ3n) is 2.97. The number of halogens is 1. The molecule has 0 radical (unpaired) electrons. The summed E-state index contributed by atoms with van der Waals surface area (Å²) >= 11 is 3.13. The van der Waals surface area contributed by atoms with Crippen LogP contribution in [0, 0.1) is 0 Å². The Morgan fingerprint density at radius 3 is 2.30 bits per heavy atom. The van der Waals surface area contributed by atoms with Crippen molar-refractivity contribution in [1.82, 2.24) is 0 Å². The Kier molecular flexibility index (Phi) is 7.02. The Balaban J connectivity index is 3.23. The van der Waals surface area contributed by atoms with E-state index in [1.54, 1.807) is 6.92 Å². The summed E-state index contributed by atoms with van der Waals surface area (Å²) in [5, 5.41) is 10.3. The SMILES string of the molecule is COC(=O)COc1ccc(CC(=O)OC)c(C(=O)C(C)Br)c1O. The molecule has 1 rings (SSSR count). The molecule has 0 aliphatic carbocycles. The van der Waals surface area contributed by atoms with E-state index in [0.29, 0.717) is 5.56 Å². The van der Waals surface area contributed by atoms with E-state index in [1.807, 2.05) is 0 Å². The average molecular weight is 389 g/mol. The molecule has 0 amide bonds. The second-order valence-corrected chi connectivity index (χ2v) is 5.92. The number of benzene rings is 1. The van der Waals surface area contributed by atoms with Crippen LogP contribution in [0.25, 0.3) is 0 Å². The fourth-order valence-electron chi connectivity index (χ4n) is 1.77. The van der Waals surface area contributed by atoms with E-state index < -0.39 is 34.9 Å². The number of aromatic hydroxyl groups is 1. The number of ether oxygens (including phenoxy) is 3. The lowest BCUT2D eigenvalue weighted by Crippen LogP contribution is -2.17. The first-order chi connectivity index (χ1) is 10.8. The zero-order valence-electron chi connectivity index (χ0n) is 12.9. The third kappa shape index (κ3) is 4.95. The molecule has 0 aliphatic rings. The van der Waals surface area contributed by atoms with Crippen molar-refractivity contribution in [2.75, 3.05) is 20.8 Å². The van der Waals surface area contributed by atoms with Gasteiger partial charge in [-0.05, 0) is 18.6 Å². The maximum absolute atomic E-state index is 12.3. The topological polar surface area (TPSA) is 99.1 Å². The monoisotopic (exact) mass is 388 g/mol. The van der Waals surface area contributed by atoms with E-state index in [0.717, 1.165) is 0 Å². The van der Waals surface area contributed by atoms with Crippen LogP contribution in [0.4, 0.5) is 0 Å². The minimum Gasteiger partial charge on any atom is -0.504 e. The molecule has 7 nitrogen and oxygen atoms in total. The molecule has 1 aromatic rings. The highest BCUT2D eigenvalue weighted by molar-refractivity contribution is 9.10. The first-order valence-electron chi connectivity index (χ1n) is 6.61. The number of carbonyl (C=O) groups is 3. The predicted octanol–water partition coefficient (Wildman–Crippen LogP) is 1.63. The zero-order valence-corrected chi connectivity index (χ0v) is 14.5. The summed E-state index contributed by atoms with van der Waals surface area (Å²) < 4.78 is 14.2. The Morgan fingerprint density at radius 1 is 1.17 bits per heavy atom. The van der Waals surface area contributed by atoms with E-state index >= 15 is 0 Å². The van der Waals surface area contributed by atoms with Crippen LogP contribution in [0.2, 0.25) is 0 Å². The molecular weight excluding hydrogens is 372 g/mol. The summed E-state index contributed by atoms with van der Waals surface area (Å²) in [5.41, 5.74) is 0.248. The Labute approximate surface area is 141 Å². The van der Waals surface area contributed by atoms with Crippen LogP contribution in [-0.4, -0.2) is 48.5 Å². The summed E-state index contributed by atoms with van der Waals surface area (Å²) in [6, 6.07) is 2.83. The molecule has 0 aliphatic heterocycles. The Bertz CT molecular complexity index is 610. The largest absolute Gasteiger partial charge is 0.504 e. The van der Waals surface area contributed by atoms with E-state index in [1.165, 1.54) is 26.4 Å². The van der Waals surface area contributed by atoms with Gasteiger partial charge in [-0.25, -0.2) is 4.79 Å². The van der Waals surface area contributed by atoms with Gasteiger partial charge in [0.25, 0.3) is 0 Å². The lowest BCUT2D eigenvalue weighted by molar-refractivity contribution is -0.143. The number of phenols is 1. The van der Waals surface area contributed by atoms with Gasteiger partial charge in [-0.2, -0.15) is 0 Å². The summed E-state index contributed by atoms with van der Waals surface area (Å²) in [6.07, 6.45) is -0.178. The molecule has 1 N–H and O–H groups in total. The second kappa shape index (κ2) is 8.52. The molecule has 8 heteroatoms. The van der Waals surface area contributed by atoms with Crippen molar-refractivity contribution in [3.63, 3.8) is 0 Å². The van der Waals surface area contributed by atoms with E-state index in [2.05, 4.69) is 25.4 Å². The number of carbonyl (C=O) groups excluding carboxylic acids is 3. The normalized spacial score (nSPS) is 11.5. The molecule has 0 spiro atoms. The smallest absolute Gasteiger partial charge is 0.343 e. The predicted molar refractivity (Wildman–Crippen MR) is 84.1 cm³/mol. The number of ketones is 1. The van der Waals surface area contributed by atoms with Crippen LogP contribution in [0.3, 0.4) is 0 Å². The van der Waals surface area contributed by atoms with Crippen molar-refractivity contribution in [3.05, 3.63) is 23.3 Å². The van der Waals surface area contributed by atoms with Crippen molar-refractivity contribution in [2.45, 2.75) is 18.2 Å². The molecule has 1 aromatic carbocycles. The second-order valence-electron chi connectivity index (χ2n) is 4.54. The van der Waals surface area contributed by atoms with Gasteiger partial charge in [0.15, 0.2) is 23.9 Å². The molecule has 0 saturated carbocycles. The van der Waals surface area contributed by atoms with Crippen LogP contribution < -0.4 is 4.74 Å². The number of methoxy groups -OCH3 is 2. The molecule has 0 aromatic heterocycles. The van der Waals surface area contributed by atoms with Gasteiger partial charge in [-0.1, -0.05) is 22.0 Å². The number of esters is 2. The van der Waals surface area contributed by atoms with Crippen molar-refractivity contribution < 1.29 is 33.7 Å². The van der Waals surface area contributed by atoms with Gasteiger partial charge in [-0.3, -0.25) is 9.59 Å². The van der Waals surface area contributed by atoms with E-state index in [9.17, 15) is 19.5 Å². The minimum atomic E-state index is -0.634. The molecule has 126 valence electrons. The highest BCUT2D eigenvalue weighted by atomic mass is 79.9. The average Bonchev–Trinajstić information content (AvgIpc) is 2.53. The minimum absolute atomic E-state index is 0.0536. The van der Waals surface area contributed by atoms with Crippen LogP contribution in [0.1, 0.15) is 22.8 Å². The molecule has 0 fully saturated rings. The highest BCUT2D eigenvalue weighted by Crippen LogP contribution is 2.34. The van der Waals surface area contributed by atoms with Gasteiger partial charge in [0.2, 0.25) is 0 Å². The standard InChI is InChI=1S/C15H17BrO7/c1-8(16)14(19)13-9(6-11(17)21-2)4-5-10(15(13)20)23-7-12(18)22-3/h4-5,8,20H,6-7H2,1-3H3. The van der Waals surface area contributed by atoms with E-state index in [4.69, 9.17) is 4.74 Å². The number of hydrogen-bond donors (Lipinski definition) is 1. The zero-order chi connectivity index (χ0) is 17.6. The first-order valence-corrected chi connectivity index (χ1v) is 7.52. The van der Waals surface area contributed by atoms with Crippen molar-refractivity contribution in [2.24, 2.45) is 0 Å². The Morgan fingerprint density at radius 2 is 1.78 bits per heavy atom. The third-order valence-corrected chi connectivity index (χ3v) is 3.39. The van der Waals surface area contributed by atoms with Gasteiger partial charge < -0.3 is 19.3 Å². The quantitative estimate of drug-likeness (QED) is 0.430. The summed E-state index contributed by atoms with van der Waals surface area (Å²) in [4.78, 5) is 34.3. The van der Waals surface area contributed by atoms with E-state index in [-0.39, 0.29) is 17.7 Å². The number of rotatable bonds is 7. The molecular formula is C15H17BrO7. The van der Waals surface area contributed by atoms with Gasteiger partial charge in [0.05, 0.1) is 31.0 Å². The number of phenolic OH excluding ortho intramolecular Hbond substituents is 1. The van der Waals surface area contributed by atoms with Crippen molar-refractivity contribution in [1.29, 1.82) is 0 Å². The fourth-order valence-corrected chi connectivity index (χ4v) is 2.00. The highest BCUT2D eigenvalue weighted by Gasteiger charge is 2.24.